The predicted octanol–water partition coefficient (Wildman–Crippen LogP) is 3.00. The molecule has 1 aliphatic heterocycles. The van der Waals surface area contributed by atoms with Crippen LogP contribution in [0.4, 0.5) is 0 Å². The topological polar surface area (TPSA) is 0 Å². The molecule has 0 bridgehead atoms. The molecule has 1 aromatic rings. The summed E-state index contributed by atoms with van der Waals surface area (Å²) in [5.74, 6) is 1.22. The lowest BCUT2D eigenvalue weighted by molar-refractivity contribution is 1.41. The third kappa shape index (κ3) is 0.694. The molecule has 1 aromatic heterocycles. The Labute approximate surface area is 60.1 Å². The Kier molecular flexibility index (Phi) is 1.28. The molecule has 1 aliphatic rings. The molecule has 3 heteroatoms. The van der Waals surface area contributed by atoms with Crippen LogP contribution in [0.1, 0.15) is 4.88 Å². The van der Waals surface area contributed by atoms with Gasteiger partial charge < -0.3 is 0 Å². The van der Waals surface area contributed by atoms with Crippen molar-refractivity contribution >= 4 is 32.9 Å². The van der Waals surface area contributed by atoms with Gasteiger partial charge in [0.25, 0.3) is 0 Å². The lowest BCUT2D eigenvalue weighted by Gasteiger charge is -1.76. The third-order valence-electron chi connectivity index (χ3n) is 1.04. The number of rotatable bonds is 0. The zero-order valence-corrected chi connectivity index (χ0v) is 6.54. The minimum atomic E-state index is 1.22. The van der Waals surface area contributed by atoms with E-state index in [4.69, 9.17) is 0 Å². The fourth-order valence-corrected chi connectivity index (χ4v) is 4.60. The molecule has 2 heterocycles. The highest BCUT2D eigenvalue weighted by atomic mass is 33.1. The molecular formula is C5H4S3. The van der Waals surface area contributed by atoms with Gasteiger partial charge in [-0.3, -0.25) is 0 Å². The summed E-state index contributed by atoms with van der Waals surface area (Å²) in [5.41, 5.74) is 0. The van der Waals surface area contributed by atoms with Crippen LogP contribution in [0.15, 0.2) is 16.3 Å². The Morgan fingerprint density at radius 1 is 1.50 bits per heavy atom. The van der Waals surface area contributed by atoms with Gasteiger partial charge >= 0.3 is 0 Å². The van der Waals surface area contributed by atoms with E-state index in [1.165, 1.54) is 10.6 Å². The summed E-state index contributed by atoms with van der Waals surface area (Å²) in [6, 6.07) is 2.20. The minimum absolute atomic E-state index is 1.22. The van der Waals surface area contributed by atoms with Gasteiger partial charge in [-0.05, 0) is 11.4 Å². The largest absolute Gasteiger partial charge is 0.147 e. The molecule has 0 radical (unpaired) electrons. The van der Waals surface area contributed by atoms with Crippen LogP contribution in [-0.2, 0) is 5.75 Å². The molecule has 0 saturated carbocycles. The zero-order chi connectivity index (χ0) is 5.40. The van der Waals surface area contributed by atoms with Gasteiger partial charge in [-0.15, -0.1) is 11.3 Å². The van der Waals surface area contributed by atoms with Crippen molar-refractivity contribution in [3.8, 4) is 0 Å². The SMILES string of the molecule is c1cc2c(s1)CSS2. The summed E-state index contributed by atoms with van der Waals surface area (Å²) in [5, 5.41) is 2.16. The molecule has 0 fully saturated rings. The fourth-order valence-electron chi connectivity index (χ4n) is 0.655. The quantitative estimate of drug-likeness (QED) is 0.535. The van der Waals surface area contributed by atoms with Crippen molar-refractivity contribution in [2.24, 2.45) is 0 Å². The second-order valence-electron chi connectivity index (χ2n) is 1.55. The number of hydrogen-bond acceptors (Lipinski definition) is 3. The van der Waals surface area contributed by atoms with Crippen LogP contribution >= 0.6 is 32.9 Å². The maximum atomic E-state index is 2.20. The smallest absolute Gasteiger partial charge is 0.0398 e. The van der Waals surface area contributed by atoms with E-state index in [9.17, 15) is 0 Å². The van der Waals surface area contributed by atoms with Gasteiger partial charge in [-0.2, -0.15) is 0 Å². The van der Waals surface area contributed by atoms with Crippen LogP contribution in [0.2, 0.25) is 0 Å². The molecule has 0 aliphatic carbocycles. The number of thiophene rings is 1. The highest BCUT2D eigenvalue weighted by Crippen LogP contribution is 2.46. The first-order chi connectivity index (χ1) is 3.97. The molecule has 0 amide bonds. The summed E-state index contributed by atoms with van der Waals surface area (Å²) in [6.45, 7) is 0. The van der Waals surface area contributed by atoms with E-state index in [-0.39, 0.29) is 0 Å². The lowest BCUT2D eigenvalue weighted by Crippen LogP contribution is -1.59. The van der Waals surface area contributed by atoms with Crippen LogP contribution in [-0.4, -0.2) is 0 Å². The monoisotopic (exact) mass is 160 g/mol. The summed E-state index contributed by atoms with van der Waals surface area (Å²) >= 11 is 1.87. The third-order valence-corrected chi connectivity index (χ3v) is 4.61. The molecular weight excluding hydrogens is 156 g/mol. The van der Waals surface area contributed by atoms with Crippen LogP contribution in [0.3, 0.4) is 0 Å². The summed E-state index contributed by atoms with van der Waals surface area (Å²) in [6.07, 6.45) is 0. The number of fused-ring (bicyclic) bond motifs is 1. The van der Waals surface area contributed by atoms with Crippen LogP contribution in [0.25, 0.3) is 0 Å². The van der Waals surface area contributed by atoms with E-state index >= 15 is 0 Å². The highest BCUT2D eigenvalue weighted by molar-refractivity contribution is 8.76. The normalized spacial score (nSPS) is 16.5. The van der Waals surface area contributed by atoms with Crippen LogP contribution < -0.4 is 0 Å². The summed E-state index contributed by atoms with van der Waals surface area (Å²) in [7, 11) is 3.84. The Morgan fingerprint density at radius 2 is 2.50 bits per heavy atom. The van der Waals surface area contributed by atoms with Gasteiger partial charge in [0.1, 0.15) is 0 Å². The first kappa shape index (κ1) is 5.21. The average molecular weight is 160 g/mol. The lowest BCUT2D eigenvalue weighted by atomic mass is 10.5. The number of hydrogen-bond donors (Lipinski definition) is 0. The van der Waals surface area contributed by atoms with Gasteiger partial charge in [0.15, 0.2) is 0 Å². The molecule has 0 N–H and O–H groups in total. The van der Waals surface area contributed by atoms with E-state index in [2.05, 4.69) is 11.4 Å². The Bertz CT molecular complexity index is 173. The van der Waals surface area contributed by atoms with E-state index in [0.29, 0.717) is 0 Å². The van der Waals surface area contributed by atoms with E-state index < -0.39 is 0 Å². The first-order valence-electron chi connectivity index (χ1n) is 2.32. The van der Waals surface area contributed by atoms with Crippen molar-refractivity contribution in [1.29, 1.82) is 0 Å². The van der Waals surface area contributed by atoms with E-state index in [1.54, 1.807) is 4.88 Å². The Hall–Kier alpha value is 0.400. The van der Waals surface area contributed by atoms with Gasteiger partial charge in [-0.25, -0.2) is 0 Å². The standard InChI is InChI=1S/C5H4S3/c1-2-6-5-3-7-8-4(1)5/h1-2H,3H2. The van der Waals surface area contributed by atoms with Gasteiger partial charge in [-0.1, -0.05) is 21.6 Å². The molecule has 42 valence electrons. The molecule has 0 unspecified atom stereocenters. The van der Waals surface area contributed by atoms with Gasteiger partial charge in [0.2, 0.25) is 0 Å². The summed E-state index contributed by atoms with van der Waals surface area (Å²) < 4.78 is 0. The minimum Gasteiger partial charge on any atom is -0.147 e. The predicted molar refractivity (Wildman–Crippen MR) is 41.5 cm³/mol. The molecule has 8 heavy (non-hydrogen) atoms. The maximum Gasteiger partial charge on any atom is 0.0398 e. The van der Waals surface area contributed by atoms with Crippen LogP contribution in [0, 0.1) is 0 Å². The molecule has 0 atom stereocenters. The fraction of sp³-hybridized carbons (Fsp3) is 0.200. The van der Waals surface area contributed by atoms with Crippen molar-refractivity contribution in [3.63, 3.8) is 0 Å². The highest BCUT2D eigenvalue weighted by Gasteiger charge is 2.11. The molecule has 0 nitrogen and oxygen atoms in total. The molecule has 0 saturated heterocycles. The summed E-state index contributed by atoms with van der Waals surface area (Å²) in [4.78, 5) is 3.04. The molecule has 0 spiro atoms. The Balaban J connectivity index is 2.54. The maximum absolute atomic E-state index is 2.20. The van der Waals surface area contributed by atoms with Crippen molar-refractivity contribution < 1.29 is 0 Å². The van der Waals surface area contributed by atoms with Gasteiger partial charge in [0.05, 0.1) is 0 Å². The van der Waals surface area contributed by atoms with Crippen molar-refractivity contribution in [2.75, 3.05) is 0 Å². The second-order valence-corrected chi connectivity index (χ2v) is 4.89. The van der Waals surface area contributed by atoms with Crippen LogP contribution in [0.5, 0.6) is 0 Å². The van der Waals surface area contributed by atoms with Crippen molar-refractivity contribution in [3.05, 3.63) is 16.3 Å². The Morgan fingerprint density at radius 3 is 3.38 bits per heavy atom. The zero-order valence-electron chi connectivity index (χ0n) is 4.09. The van der Waals surface area contributed by atoms with Crippen molar-refractivity contribution in [2.45, 2.75) is 10.6 Å². The van der Waals surface area contributed by atoms with E-state index in [1.807, 2.05) is 32.9 Å². The van der Waals surface area contributed by atoms with Gasteiger partial charge in [0, 0.05) is 15.5 Å². The second kappa shape index (κ2) is 1.97. The van der Waals surface area contributed by atoms with Crippen molar-refractivity contribution in [1.82, 2.24) is 0 Å². The molecule has 2 rings (SSSR count). The molecule has 0 aromatic carbocycles. The average Bonchev–Trinajstić information content (AvgIpc) is 2.15. The van der Waals surface area contributed by atoms with E-state index in [0.717, 1.165) is 0 Å². The first-order valence-corrected chi connectivity index (χ1v) is 5.52.